The maximum Gasteiger partial charge on any atom is 0.118 e. The van der Waals surface area contributed by atoms with Crippen LogP contribution in [-0.4, -0.2) is 7.11 Å². The Morgan fingerprint density at radius 1 is 0.706 bits per heavy atom. The zero-order valence-corrected chi connectivity index (χ0v) is 20.0. The Kier molecular flexibility index (Phi) is 9.97. The van der Waals surface area contributed by atoms with E-state index in [9.17, 15) is 10.5 Å². The number of allylic oxidation sites excluding steroid dienone is 6. The number of rotatable bonds is 5. The van der Waals surface area contributed by atoms with Crippen molar-refractivity contribution < 1.29 is 4.74 Å². The van der Waals surface area contributed by atoms with Crippen LogP contribution in [0.3, 0.4) is 0 Å². The molecule has 4 rings (SSSR count). The molecule has 0 spiro atoms. The summed E-state index contributed by atoms with van der Waals surface area (Å²) >= 11 is 0. The van der Waals surface area contributed by atoms with Gasteiger partial charge in [-0.3, -0.25) is 0 Å². The predicted octanol–water partition coefficient (Wildman–Crippen LogP) is 8.20. The van der Waals surface area contributed by atoms with Crippen LogP contribution in [0.2, 0.25) is 0 Å². The number of benzene rings is 2. The minimum atomic E-state index is 0.792. The third kappa shape index (κ3) is 7.65. The molecule has 0 saturated carbocycles. The van der Waals surface area contributed by atoms with Crippen molar-refractivity contribution in [2.45, 2.75) is 51.4 Å². The average molecular weight is 449 g/mol. The molecule has 0 unspecified atom stereocenters. The third-order valence-corrected chi connectivity index (χ3v) is 6.05. The van der Waals surface area contributed by atoms with E-state index in [1.54, 1.807) is 7.11 Å². The highest BCUT2D eigenvalue weighted by Gasteiger charge is 2.09. The maximum atomic E-state index is 9.26. The molecule has 172 valence electrons. The minimum absolute atomic E-state index is 0.792. The molecule has 0 N–H and O–H groups in total. The van der Waals surface area contributed by atoms with Crippen LogP contribution in [0.5, 0.6) is 5.75 Å². The van der Waals surface area contributed by atoms with Crippen molar-refractivity contribution in [3.8, 4) is 17.9 Å². The molecule has 3 heteroatoms. The van der Waals surface area contributed by atoms with E-state index in [0.717, 1.165) is 53.7 Å². The summed E-state index contributed by atoms with van der Waals surface area (Å²) in [4.78, 5) is 0. The van der Waals surface area contributed by atoms with E-state index in [1.165, 1.54) is 36.8 Å². The molecule has 0 fully saturated rings. The summed E-state index contributed by atoms with van der Waals surface area (Å²) in [5.41, 5.74) is 6.17. The van der Waals surface area contributed by atoms with Crippen LogP contribution in [0.4, 0.5) is 0 Å². The molecule has 0 atom stereocenters. The molecule has 0 radical (unpaired) electrons. The standard InChI is InChI=1S/C16H17NO.C15H15N/c1-18-16-9-7-13(8-10-16)11-15(12-17)14-5-3-2-4-6-14;16-12-15(14-9-5-2-6-10-14)11-13-7-3-1-4-8-13/h5,7-11H,2-4,6H2,1H3;1,3-4,7-9,11H,2,5-6,10H2. The fourth-order valence-corrected chi connectivity index (χ4v) is 4.14. The number of nitriles is 2. The molecular weight excluding hydrogens is 416 g/mol. The minimum Gasteiger partial charge on any atom is -0.497 e. The van der Waals surface area contributed by atoms with Gasteiger partial charge in [0.2, 0.25) is 0 Å². The molecule has 0 amide bonds. The van der Waals surface area contributed by atoms with Crippen molar-refractivity contribution in [2.24, 2.45) is 0 Å². The van der Waals surface area contributed by atoms with Crippen molar-refractivity contribution in [3.05, 3.63) is 100 Å². The largest absolute Gasteiger partial charge is 0.497 e. The van der Waals surface area contributed by atoms with E-state index in [-0.39, 0.29) is 0 Å². The Hall–Kier alpha value is -3.82. The number of hydrogen-bond acceptors (Lipinski definition) is 3. The van der Waals surface area contributed by atoms with Crippen LogP contribution in [0.1, 0.15) is 62.5 Å². The summed E-state index contributed by atoms with van der Waals surface area (Å²) < 4.78 is 5.12. The van der Waals surface area contributed by atoms with Gasteiger partial charge in [0.15, 0.2) is 0 Å². The van der Waals surface area contributed by atoms with Gasteiger partial charge in [-0.25, -0.2) is 0 Å². The molecule has 3 nitrogen and oxygen atoms in total. The Labute approximate surface area is 204 Å². The second kappa shape index (κ2) is 13.7. The molecular formula is C31H32N2O. The first kappa shape index (κ1) is 24.8. The van der Waals surface area contributed by atoms with Gasteiger partial charge in [0.25, 0.3) is 0 Å². The molecule has 0 aromatic heterocycles. The number of ether oxygens (including phenoxy) is 1. The summed E-state index contributed by atoms with van der Waals surface area (Å²) in [7, 11) is 1.65. The summed E-state index contributed by atoms with van der Waals surface area (Å²) in [5, 5.41) is 18.4. The van der Waals surface area contributed by atoms with E-state index >= 15 is 0 Å². The third-order valence-electron chi connectivity index (χ3n) is 6.05. The topological polar surface area (TPSA) is 56.8 Å². The van der Waals surface area contributed by atoms with Gasteiger partial charge in [-0.05, 0) is 97.9 Å². The second-order valence-electron chi connectivity index (χ2n) is 8.47. The van der Waals surface area contributed by atoms with E-state index in [0.29, 0.717) is 0 Å². The van der Waals surface area contributed by atoms with Crippen molar-refractivity contribution in [1.29, 1.82) is 10.5 Å². The SMILES string of the molecule is COc1ccc(C=C(C#N)C2=CCCCC2)cc1.N#CC(=Cc1ccccc1)C1=CCCCC1. The van der Waals surface area contributed by atoms with E-state index in [1.807, 2.05) is 66.7 Å². The van der Waals surface area contributed by atoms with Gasteiger partial charge in [0, 0.05) is 0 Å². The van der Waals surface area contributed by atoms with Gasteiger partial charge in [-0.2, -0.15) is 10.5 Å². The zero-order valence-electron chi connectivity index (χ0n) is 20.0. The Bertz CT molecular complexity index is 1140. The quantitative estimate of drug-likeness (QED) is 0.433. The highest BCUT2D eigenvalue weighted by Crippen LogP contribution is 2.26. The monoisotopic (exact) mass is 448 g/mol. The first-order valence-electron chi connectivity index (χ1n) is 12.0. The molecule has 0 bridgehead atoms. The van der Waals surface area contributed by atoms with Crippen molar-refractivity contribution >= 4 is 12.2 Å². The van der Waals surface area contributed by atoms with Gasteiger partial charge >= 0.3 is 0 Å². The van der Waals surface area contributed by atoms with Crippen LogP contribution in [0.15, 0.2) is 89.0 Å². The van der Waals surface area contributed by atoms with Crippen LogP contribution >= 0.6 is 0 Å². The Morgan fingerprint density at radius 3 is 1.62 bits per heavy atom. The lowest BCUT2D eigenvalue weighted by Crippen LogP contribution is -1.94. The van der Waals surface area contributed by atoms with Crippen molar-refractivity contribution in [2.75, 3.05) is 7.11 Å². The fraction of sp³-hybridized carbons (Fsp3) is 0.290. The Morgan fingerprint density at radius 2 is 1.21 bits per heavy atom. The molecule has 2 aromatic carbocycles. The van der Waals surface area contributed by atoms with Crippen LogP contribution in [0, 0.1) is 22.7 Å². The lowest BCUT2D eigenvalue weighted by molar-refractivity contribution is 0.415. The summed E-state index contributed by atoms with van der Waals surface area (Å²) in [6, 6.07) is 22.4. The number of nitrogens with zero attached hydrogens (tertiary/aromatic N) is 2. The first-order valence-corrected chi connectivity index (χ1v) is 12.0. The molecule has 2 aromatic rings. The van der Waals surface area contributed by atoms with Gasteiger partial charge in [0.05, 0.1) is 30.4 Å². The molecule has 0 aliphatic heterocycles. The highest BCUT2D eigenvalue weighted by molar-refractivity contribution is 5.64. The van der Waals surface area contributed by atoms with Crippen molar-refractivity contribution in [1.82, 2.24) is 0 Å². The summed E-state index contributed by atoms with van der Waals surface area (Å²) in [5.74, 6) is 0.836. The average Bonchev–Trinajstić information content (AvgIpc) is 2.92. The highest BCUT2D eigenvalue weighted by atomic mass is 16.5. The zero-order chi connectivity index (χ0) is 24.0. The van der Waals surface area contributed by atoms with Crippen LogP contribution < -0.4 is 4.74 Å². The van der Waals surface area contributed by atoms with Gasteiger partial charge in [-0.1, -0.05) is 54.6 Å². The van der Waals surface area contributed by atoms with E-state index in [4.69, 9.17) is 4.74 Å². The summed E-state index contributed by atoms with van der Waals surface area (Å²) in [6.45, 7) is 0. The summed E-state index contributed by atoms with van der Waals surface area (Å²) in [6.07, 6.45) is 17.5. The lowest BCUT2D eigenvalue weighted by Gasteiger charge is -2.11. The first-order chi connectivity index (χ1) is 16.7. The molecule has 0 saturated heterocycles. The molecule has 2 aliphatic carbocycles. The lowest BCUT2D eigenvalue weighted by atomic mass is 9.93. The molecule has 0 heterocycles. The van der Waals surface area contributed by atoms with Crippen molar-refractivity contribution in [3.63, 3.8) is 0 Å². The maximum absolute atomic E-state index is 9.26. The smallest absolute Gasteiger partial charge is 0.118 e. The number of methoxy groups -OCH3 is 1. The van der Waals surface area contributed by atoms with Gasteiger partial charge in [-0.15, -0.1) is 0 Å². The normalized spacial score (nSPS) is 16.1. The van der Waals surface area contributed by atoms with E-state index < -0.39 is 0 Å². The van der Waals surface area contributed by atoms with E-state index in [2.05, 4.69) is 24.3 Å². The fourth-order valence-electron chi connectivity index (χ4n) is 4.14. The van der Waals surface area contributed by atoms with Gasteiger partial charge in [0.1, 0.15) is 5.75 Å². The van der Waals surface area contributed by atoms with Crippen LogP contribution in [-0.2, 0) is 0 Å². The Balaban J connectivity index is 0.000000192. The second-order valence-corrected chi connectivity index (χ2v) is 8.47. The van der Waals surface area contributed by atoms with Gasteiger partial charge < -0.3 is 4.74 Å². The molecule has 34 heavy (non-hydrogen) atoms. The number of hydrogen-bond donors (Lipinski definition) is 0. The van der Waals surface area contributed by atoms with Crippen LogP contribution in [0.25, 0.3) is 12.2 Å². The molecule has 2 aliphatic rings. The predicted molar refractivity (Wildman–Crippen MR) is 140 cm³/mol.